The maximum atomic E-state index is 5.94. The molecule has 0 spiro atoms. The van der Waals surface area contributed by atoms with Crippen LogP contribution in [0.1, 0.15) is 43.1 Å². The summed E-state index contributed by atoms with van der Waals surface area (Å²) in [5.41, 5.74) is 9.84. The molecule has 1 aliphatic rings. The van der Waals surface area contributed by atoms with E-state index in [2.05, 4.69) is 24.0 Å². The monoisotopic (exact) mass is 179 g/mol. The molecule has 0 amide bonds. The van der Waals surface area contributed by atoms with E-state index in [1.54, 1.807) is 0 Å². The van der Waals surface area contributed by atoms with Gasteiger partial charge in [0.05, 0.1) is 5.69 Å². The fraction of sp³-hybridized carbons (Fsp3) is 0.700. The van der Waals surface area contributed by atoms with Gasteiger partial charge in [-0.25, -0.2) is 0 Å². The average Bonchev–Trinajstić information content (AvgIpc) is 2.46. The lowest BCUT2D eigenvalue weighted by atomic mass is 9.90. The summed E-state index contributed by atoms with van der Waals surface area (Å²) in [4.78, 5) is 0. The molecule has 1 aromatic heterocycles. The number of H-pyrrole nitrogens is 1. The standard InChI is InChI=1S/C10H17N3/c1-6(2)10-8-5-7(11)3-4-9(8)12-13-10/h6-7H,3-5,11H2,1-2H3,(H,12,13). The molecular formula is C10H17N3. The van der Waals surface area contributed by atoms with Crippen LogP contribution in [0.15, 0.2) is 0 Å². The molecule has 13 heavy (non-hydrogen) atoms. The number of aromatic amines is 1. The predicted molar refractivity (Wildman–Crippen MR) is 52.7 cm³/mol. The van der Waals surface area contributed by atoms with Crippen molar-refractivity contribution in [2.24, 2.45) is 5.73 Å². The van der Waals surface area contributed by atoms with Crippen LogP contribution in [-0.2, 0) is 12.8 Å². The molecule has 2 rings (SSSR count). The number of hydrogen-bond donors (Lipinski definition) is 2. The summed E-state index contributed by atoms with van der Waals surface area (Å²) in [6.45, 7) is 4.38. The van der Waals surface area contributed by atoms with Crippen molar-refractivity contribution in [3.8, 4) is 0 Å². The lowest BCUT2D eigenvalue weighted by Crippen LogP contribution is -2.28. The number of aryl methyl sites for hydroxylation is 1. The largest absolute Gasteiger partial charge is 0.327 e. The Morgan fingerprint density at radius 3 is 3.00 bits per heavy atom. The quantitative estimate of drug-likeness (QED) is 0.683. The molecular weight excluding hydrogens is 162 g/mol. The number of nitrogens with two attached hydrogens (primary N) is 1. The van der Waals surface area contributed by atoms with E-state index in [1.165, 1.54) is 17.0 Å². The van der Waals surface area contributed by atoms with Crippen LogP contribution in [0.25, 0.3) is 0 Å². The van der Waals surface area contributed by atoms with Gasteiger partial charge in [0.2, 0.25) is 0 Å². The summed E-state index contributed by atoms with van der Waals surface area (Å²) < 4.78 is 0. The number of nitrogens with zero attached hydrogens (tertiary/aromatic N) is 1. The molecule has 0 saturated heterocycles. The first-order valence-corrected chi connectivity index (χ1v) is 5.00. The van der Waals surface area contributed by atoms with Crippen LogP contribution in [0.2, 0.25) is 0 Å². The molecule has 72 valence electrons. The molecule has 3 N–H and O–H groups in total. The highest BCUT2D eigenvalue weighted by Crippen LogP contribution is 2.26. The van der Waals surface area contributed by atoms with Crippen molar-refractivity contribution in [3.05, 3.63) is 17.0 Å². The zero-order chi connectivity index (χ0) is 9.42. The number of fused-ring (bicyclic) bond motifs is 1. The zero-order valence-corrected chi connectivity index (χ0v) is 8.30. The average molecular weight is 179 g/mol. The second-order valence-electron chi connectivity index (χ2n) is 4.22. The first-order valence-electron chi connectivity index (χ1n) is 5.00. The molecule has 0 fully saturated rings. The highest BCUT2D eigenvalue weighted by Gasteiger charge is 2.22. The molecule has 0 aromatic carbocycles. The molecule has 1 atom stereocenters. The van der Waals surface area contributed by atoms with Crippen molar-refractivity contribution in [2.45, 2.75) is 45.1 Å². The minimum atomic E-state index is 0.336. The second-order valence-corrected chi connectivity index (χ2v) is 4.22. The van der Waals surface area contributed by atoms with Gasteiger partial charge in [0.1, 0.15) is 0 Å². The minimum Gasteiger partial charge on any atom is -0.327 e. The van der Waals surface area contributed by atoms with E-state index in [0.29, 0.717) is 12.0 Å². The lowest BCUT2D eigenvalue weighted by molar-refractivity contribution is 0.567. The Morgan fingerprint density at radius 1 is 1.54 bits per heavy atom. The Kier molecular flexibility index (Phi) is 2.12. The van der Waals surface area contributed by atoms with Crippen molar-refractivity contribution < 1.29 is 0 Å². The van der Waals surface area contributed by atoms with Crippen LogP contribution in [0.4, 0.5) is 0 Å². The van der Waals surface area contributed by atoms with E-state index in [4.69, 9.17) is 5.73 Å². The van der Waals surface area contributed by atoms with Crippen molar-refractivity contribution in [3.63, 3.8) is 0 Å². The molecule has 1 aromatic rings. The molecule has 3 nitrogen and oxygen atoms in total. The van der Waals surface area contributed by atoms with E-state index in [9.17, 15) is 0 Å². The molecule has 1 unspecified atom stereocenters. The molecule has 0 aliphatic heterocycles. The van der Waals surface area contributed by atoms with Crippen LogP contribution in [-0.4, -0.2) is 16.2 Å². The zero-order valence-electron chi connectivity index (χ0n) is 8.30. The van der Waals surface area contributed by atoms with Crippen LogP contribution >= 0.6 is 0 Å². The van der Waals surface area contributed by atoms with E-state index in [1.807, 2.05) is 0 Å². The number of rotatable bonds is 1. The predicted octanol–water partition coefficient (Wildman–Crippen LogP) is 1.35. The van der Waals surface area contributed by atoms with Gasteiger partial charge in [0.25, 0.3) is 0 Å². The molecule has 0 radical (unpaired) electrons. The van der Waals surface area contributed by atoms with Gasteiger partial charge in [-0.3, -0.25) is 5.10 Å². The van der Waals surface area contributed by atoms with Crippen LogP contribution in [0.5, 0.6) is 0 Å². The summed E-state index contributed by atoms with van der Waals surface area (Å²) in [6, 6.07) is 0.336. The third-order valence-corrected chi connectivity index (χ3v) is 2.78. The SMILES string of the molecule is CC(C)c1[nH]nc2c1CC(N)CC2. The molecule has 1 heterocycles. The van der Waals surface area contributed by atoms with Gasteiger partial charge in [0.15, 0.2) is 0 Å². The van der Waals surface area contributed by atoms with Gasteiger partial charge < -0.3 is 5.73 Å². The molecule has 3 heteroatoms. The Bertz CT molecular complexity index is 301. The Labute approximate surface area is 78.7 Å². The van der Waals surface area contributed by atoms with Gasteiger partial charge in [0, 0.05) is 11.7 Å². The second kappa shape index (κ2) is 3.14. The fourth-order valence-corrected chi connectivity index (χ4v) is 2.02. The van der Waals surface area contributed by atoms with Gasteiger partial charge >= 0.3 is 0 Å². The highest BCUT2D eigenvalue weighted by molar-refractivity contribution is 5.30. The Hall–Kier alpha value is -0.830. The first-order chi connectivity index (χ1) is 6.18. The number of nitrogens with one attached hydrogen (secondary N) is 1. The number of hydrogen-bond acceptors (Lipinski definition) is 2. The Morgan fingerprint density at radius 2 is 2.31 bits per heavy atom. The highest BCUT2D eigenvalue weighted by atomic mass is 15.1. The Balaban J connectivity index is 2.35. The van der Waals surface area contributed by atoms with E-state index < -0.39 is 0 Å². The van der Waals surface area contributed by atoms with Crippen LogP contribution < -0.4 is 5.73 Å². The van der Waals surface area contributed by atoms with Crippen LogP contribution in [0.3, 0.4) is 0 Å². The van der Waals surface area contributed by atoms with Crippen molar-refractivity contribution in [1.29, 1.82) is 0 Å². The normalized spacial score (nSPS) is 22.0. The topological polar surface area (TPSA) is 54.7 Å². The van der Waals surface area contributed by atoms with Gasteiger partial charge in [-0.15, -0.1) is 0 Å². The maximum absolute atomic E-state index is 5.94. The van der Waals surface area contributed by atoms with Gasteiger partial charge in [-0.2, -0.15) is 5.10 Å². The van der Waals surface area contributed by atoms with Gasteiger partial charge in [-0.1, -0.05) is 13.8 Å². The number of aromatic nitrogens is 2. The van der Waals surface area contributed by atoms with Gasteiger partial charge in [-0.05, 0) is 30.7 Å². The van der Waals surface area contributed by atoms with E-state index in [-0.39, 0.29) is 0 Å². The minimum absolute atomic E-state index is 0.336. The van der Waals surface area contributed by atoms with Crippen molar-refractivity contribution in [2.75, 3.05) is 0 Å². The van der Waals surface area contributed by atoms with Crippen molar-refractivity contribution >= 4 is 0 Å². The summed E-state index contributed by atoms with van der Waals surface area (Å²) in [5.74, 6) is 0.529. The summed E-state index contributed by atoms with van der Waals surface area (Å²) in [5, 5.41) is 7.46. The molecule has 0 saturated carbocycles. The van der Waals surface area contributed by atoms with E-state index in [0.717, 1.165) is 19.3 Å². The molecule has 1 aliphatic carbocycles. The smallest absolute Gasteiger partial charge is 0.0658 e. The van der Waals surface area contributed by atoms with E-state index >= 15 is 0 Å². The lowest BCUT2D eigenvalue weighted by Gasteiger charge is -2.18. The summed E-state index contributed by atoms with van der Waals surface area (Å²) in [7, 11) is 0. The maximum Gasteiger partial charge on any atom is 0.0658 e. The first kappa shape index (κ1) is 8.75. The third kappa shape index (κ3) is 1.48. The van der Waals surface area contributed by atoms with Crippen molar-refractivity contribution in [1.82, 2.24) is 10.2 Å². The fourth-order valence-electron chi connectivity index (χ4n) is 2.02. The van der Waals surface area contributed by atoms with Crippen LogP contribution in [0, 0.1) is 0 Å². The summed E-state index contributed by atoms with van der Waals surface area (Å²) in [6.07, 6.45) is 3.12. The third-order valence-electron chi connectivity index (χ3n) is 2.78. The summed E-state index contributed by atoms with van der Waals surface area (Å²) >= 11 is 0. The molecule has 0 bridgehead atoms.